The van der Waals surface area contributed by atoms with Crippen LogP contribution < -0.4 is 15.8 Å². The van der Waals surface area contributed by atoms with E-state index < -0.39 is 0 Å². The van der Waals surface area contributed by atoms with E-state index in [1.807, 2.05) is 20.0 Å². The van der Waals surface area contributed by atoms with Crippen LogP contribution in [0.1, 0.15) is 56.2 Å². The molecular formula is C28H34FN5O. The van der Waals surface area contributed by atoms with Crippen molar-refractivity contribution in [1.82, 2.24) is 9.55 Å². The van der Waals surface area contributed by atoms with Crippen LogP contribution in [0.25, 0.3) is 11.0 Å². The molecule has 1 aromatic carbocycles. The average molecular weight is 476 g/mol. The molecule has 3 aromatic rings. The molecule has 5 rings (SSSR count). The monoisotopic (exact) mass is 475 g/mol. The molecule has 2 fully saturated rings. The largest absolute Gasteiger partial charge is 0.385 e. The molecule has 0 spiro atoms. The van der Waals surface area contributed by atoms with Gasteiger partial charge in [0.2, 0.25) is 0 Å². The molecule has 2 aromatic heterocycles. The third-order valence-electron chi connectivity index (χ3n) is 7.15. The van der Waals surface area contributed by atoms with Crippen LogP contribution >= 0.6 is 0 Å². The first-order valence-electron chi connectivity index (χ1n) is 12.5. The lowest BCUT2D eigenvalue weighted by Gasteiger charge is -2.33. The Morgan fingerprint density at radius 1 is 1.14 bits per heavy atom. The van der Waals surface area contributed by atoms with Crippen LogP contribution in [0.4, 0.5) is 15.8 Å². The molecule has 0 saturated heterocycles. The highest BCUT2D eigenvalue weighted by Gasteiger charge is 2.22. The summed E-state index contributed by atoms with van der Waals surface area (Å²) in [5, 5.41) is 12.4. The summed E-state index contributed by atoms with van der Waals surface area (Å²) >= 11 is 0. The number of nitrogens with one attached hydrogen (secondary N) is 1. The quantitative estimate of drug-likeness (QED) is 0.525. The van der Waals surface area contributed by atoms with Crippen LogP contribution in [0.3, 0.4) is 0 Å². The summed E-state index contributed by atoms with van der Waals surface area (Å²) in [5.74, 6) is 0.693. The van der Waals surface area contributed by atoms with Crippen molar-refractivity contribution in [2.75, 3.05) is 23.8 Å². The number of aryl methyl sites for hydroxylation is 2. The third kappa shape index (κ3) is 6.00. The number of benzene rings is 1. The minimum Gasteiger partial charge on any atom is -0.385 e. The fourth-order valence-electron chi connectivity index (χ4n) is 4.71. The average Bonchev–Trinajstić information content (AvgIpc) is 3.70. The molecule has 0 bridgehead atoms. The molecule has 0 radical (unpaired) electrons. The Morgan fingerprint density at radius 3 is 2.54 bits per heavy atom. The lowest BCUT2D eigenvalue weighted by Crippen LogP contribution is -2.34. The van der Waals surface area contributed by atoms with Gasteiger partial charge in [0, 0.05) is 38.4 Å². The molecule has 2 saturated carbocycles. The standard InChI is InChI=1S/C17H20N4O.C11H14FN/c1-20(13-6-4-3-5-7-13)15-10-16(22)21(2)14-9-8-12(11-18)19-17(14)15;1-8-6-10(12)4-5-11(8)13-7-9-2-3-9/h8-10,13H,3-7H2,1-2H3;4-6,9,13H,2-3,7H2,1H3. The Kier molecular flexibility index (Phi) is 7.70. The van der Waals surface area contributed by atoms with Crippen LogP contribution in [0, 0.1) is 30.0 Å². The zero-order valence-corrected chi connectivity index (χ0v) is 20.9. The maximum Gasteiger partial charge on any atom is 0.252 e. The predicted octanol–water partition coefficient (Wildman–Crippen LogP) is 5.53. The van der Waals surface area contributed by atoms with E-state index in [1.54, 1.807) is 35.9 Å². The second kappa shape index (κ2) is 10.9. The number of rotatable bonds is 5. The van der Waals surface area contributed by atoms with Gasteiger partial charge in [-0.25, -0.2) is 9.37 Å². The van der Waals surface area contributed by atoms with E-state index in [0.29, 0.717) is 11.7 Å². The van der Waals surface area contributed by atoms with Crippen molar-refractivity contribution in [3.63, 3.8) is 0 Å². The van der Waals surface area contributed by atoms with Crippen molar-refractivity contribution in [2.45, 2.75) is 57.9 Å². The zero-order valence-electron chi connectivity index (χ0n) is 20.9. The summed E-state index contributed by atoms with van der Waals surface area (Å²) < 4.78 is 14.3. The summed E-state index contributed by atoms with van der Waals surface area (Å²) in [5.41, 5.74) is 4.72. The Bertz CT molecular complexity index is 1280. The molecule has 0 aliphatic heterocycles. The number of hydrogen-bond donors (Lipinski definition) is 1. The smallest absolute Gasteiger partial charge is 0.252 e. The first kappa shape index (κ1) is 24.7. The number of fused-ring (bicyclic) bond motifs is 1. The van der Waals surface area contributed by atoms with Gasteiger partial charge in [0.05, 0.1) is 11.2 Å². The fourth-order valence-corrected chi connectivity index (χ4v) is 4.71. The molecule has 0 atom stereocenters. The van der Waals surface area contributed by atoms with Gasteiger partial charge in [0.25, 0.3) is 5.56 Å². The maximum absolute atomic E-state index is 12.7. The minimum atomic E-state index is -0.158. The SMILES string of the molecule is CN(c1cc(=O)n(C)c2ccc(C#N)nc12)C1CCCCC1.Cc1cc(F)ccc1NCC1CC1. The van der Waals surface area contributed by atoms with Crippen molar-refractivity contribution in [2.24, 2.45) is 13.0 Å². The lowest BCUT2D eigenvalue weighted by molar-refractivity contribution is 0.428. The molecule has 0 unspecified atom stereocenters. The van der Waals surface area contributed by atoms with Crippen LogP contribution in [-0.4, -0.2) is 29.2 Å². The van der Waals surface area contributed by atoms with Crippen LogP contribution in [-0.2, 0) is 7.05 Å². The van der Waals surface area contributed by atoms with Crippen molar-refractivity contribution in [3.05, 3.63) is 63.8 Å². The Morgan fingerprint density at radius 2 is 1.89 bits per heavy atom. The molecule has 35 heavy (non-hydrogen) atoms. The van der Waals surface area contributed by atoms with Crippen molar-refractivity contribution < 1.29 is 4.39 Å². The van der Waals surface area contributed by atoms with Gasteiger partial charge in [-0.15, -0.1) is 0 Å². The summed E-state index contributed by atoms with van der Waals surface area (Å²) in [6, 6.07) is 12.5. The molecule has 184 valence electrons. The van der Waals surface area contributed by atoms with E-state index in [-0.39, 0.29) is 11.4 Å². The van der Waals surface area contributed by atoms with E-state index in [2.05, 4.69) is 21.3 Å². The van der Waals surface area contributed by atoms with Gasteiger partial charge in [0.1, 0.15) is 23.1 Å². The number of nitriles is 1. The second-order valence-corrected chi connectivity index (χ2v) is 9.79. The number of anilines is 2. The molecule has 2 heterocycles. The first-order chi connectivity index (χ1) is 16.9. The highest BCUT2D eigenvalue weighted by Crippen LogP contribution is 2.30. The summed E-state index contributed by atoms with van der Waals surface area (Å²) in [7, 11) is 3.77. The Labute approximate surface area is 206 Å². The van der Waals surface area contributed by atoms with Crippen molar-refractivity contribution in [1.29, 1.82) is 5.26 Å². The highest BCUT2D eigenvalue weighted by molar-refractivity contribution is 5.88. The summed E-state index contributed by atoms with van der Waals surface area (Å²) in [4.78, 5) is 18.9. The number of hydrogen-bond acceptors (Lipinski definition) is 5. The van der Waals surface area contributed by atoms with Crippen LogP contribution in [0.5, 0.6) is 0 Å². The topological polar surface area (TPSA) is 74.0 Å². The molecule has 2 aliphatic carbocycles. The molecule has 6 nitrogen and oxygen atoms in total. The van der Waals surface area contributed by atoms with Gasteiger partial charge in [-0.1, -0.05) is 19.3 Å². The maximum atomic E-state index is 12.7. The van der Waals surface area contributed by atoms with Crippen LogP contribution in [0.15, 0.2) is 41.2 Å². The van der Waals surface area contributed by atoms with Gasteiger partial charge < -0.3 is 14.8 Å². The van der Waals surface area contributed by atoms with Crippen LogP contribution in [0.2, 0.25) is 0 Å². The van der Waals surface area contributed by atoms with Gasteiger partial charge in [-0.3, -0.25) is 4.79 Å². The molecule has 2 aliphatic rings. The molecule has 7 heteroatoms. The number of pyridine rings is 2. The predicted molar refractivity (Wildman–Crippen MR) is 139 cm³/mol. The van der Waals surface area contributed by atoms with Gasteiger partial charge in [-0.2, -0.15) is 5.26 Å². The second-order valence-electron chi connectivity index (χ2n) is 9.79. The summed E-state index contributed by atoms with van der Waals surface area (Å²) in [6.07, 6.45) is 8.72. The normalized spacial score (nSPS) is 15.7. The molecule has 1 N–H and O–H groups in total. The zero-order chi connectivity index (χ0) is 24.9. The molecular weight excluding hydrogens is 441 g/mol. The Balaban J connectivity index is 0.000000189. The summed E-state index contributed by atoms with van der Waals surface area (Å²) in [6.45, 7) is 2.96. The van der Waals surface area contributed by atoms with E-state index in [9.17, 15) is 9.18 Å². The van der Waals surface area contributed by atoms with Gasteiger partial charge >= 0.3 is 0 Å². The first-order valence-corrected chi connectivity index (χ1v) is 12.5. The highest BCUT2D eigenvalue weighted by atomic mass is 19.1. The van der Waals surface area contributed by atoms with E-state index >= 15 is 0 Å². The number of aromatic nitrogens is 2. The number of nitrogens with zero attached hydrogens (tertiary/aromatic N) is 4. The van der Waals surface area contributed by atoms with E-state index in [0.717, 1.165) is 53.3 Å². The van der Waals surface area contributed by atoms with E-state index in [1.165, 1.54) is 38.2 Å². The van der Waals surface area contributed by atoms with Crippen molar-refractivity contribution >= 4 is 22.4 Å². The lowest BCUT2D eigenvalue weighted by atomic mass is 9.94. The number of halogens is 1. The fraction of sp³-hybridized carbons (Fsp3) is 0.464. The Hall–Kier alpha value is -3.40. The van der Waals surface area contributed by atoms with Crippen molar-refractivity contribution in [3.8, 4) is 6.07 Å². The third-order valence-corrected chi connectivity index (χ3v) is 7.15. The van der Waals surface area contributed by atoms with E-state index in [4.69, 9.17) is 5.26 Å². The minimum absolute atomic E-state index is 0.0448. The van der Waals surface area contributed by atoms with Gasteiger partial charge in [0.15, 0.2) is 0 Å². The molecule has 0 amide bonds. The van der Waals surface area contributed by atoms with Gasteiger partial charge in [-0.05, 0) is 74.4 Å².